The second-order valence-corrected chi connectivity index (χ2v) is 4.83. The number of hydrogen-bond donors (Lipinski definition) is 2. The molecular weight excluding hydrogens is 240 g/mol. The molecule has 1 rings (SSSR count). The van der Waals surface area contributed by atoms with Gasteiger partial charge in [0.2, 0.25) is 11.8 Å². The van der Waals surface area contributed by atoms with Gasteiger partial charge in [-0.25, -0.2) is 0 Å². The van der Waals surface area contributed by atoms with E-state index in [0.29, 0.717) is 25.4 Å². The lowest BCUT2D eigenvalue weighted by atomic mass is 10.0. The average Bonchev–Trinajstić information content (AvgIpc) is 2.37. The van der Waals surface area contributed by atoms with Gasteiger partial charge in [0.25, 0.3) is 0 Å². The third-order valence-electron chi connectivity index (χ3n) is 2.80. The fourth-order valence-electron chi connectivity index (χ4n) is 1.82. The lowest BCUT2D eigenvalue weighted by Crippen LogP contribution is -2.32. The lowest BCUT2D eigenvalue weighted by molar-refractivity contribution is -0.121. The summed E-state index contributed by atoms with van der Waals surface area (Å²) in [5.74, 6) is 0.269. The largest absolute Gasteiger partial charge is 0.356 e. The molecular formula is C15H22N2O2. The van der Waals surface area contributed by atoms with Crippen molar-refractivity contribution in [2.24, 2.45) is 5.92 Å². The van der Waals surface area contributed by atoms with E-state index in [-0.39, 0.29) is 11.8 Å². The van der Waals surface area contributed by atoms with E-state index in [0.717, 1.165) is 6.42 Å². The second kappa shape index (κ2) is 8.29. The third kappa shape index (κ3) is 7.24. The smallest absolute Gasteiger partial charge is 0.221 e. The van der Waals surface area contributed by atoms with E-state index < -0.39 is 0 Å². The summed E-state index contributed by atoms with van der Waals surface area (Å²) in [6.07, 6.45) is 1.28. The van der Waals surface area contributed by atoms with Gasteiger partial charge >= 0.3 is 0 Å². The molecule has 0 heterocycles. The minimum Gasteiger partial charge on any atom is -0.356 e. The number of hydrogen-bond acceptors (Lipinski definition) is 2. The molecule has 2 amide bonds. The molecule has 2 N–H and O–H groups in total. The molecule has 0 fully saturated rings. The van der Waals surface area contributed by atoms with Crippen molar-refractivity contribution in [2.45, 2.75) is 26.7 Å². The van der Waals surface area contributed by atoms with Gasteiger partial charge in [-0.05, 0) is 17.9 Å². The molecule has 0 saturated carbocycles. The number of carbonyl (C=O) groups excluding carboxylic acids is 2. The van der Waals surface area contributed by atoms with Crippen LogP contribution in [0.4, 0.5) is 0 Å². The summed E-state index contributed by atoms with van der Waals surface area (Å²) < 4.78 is 0. The van der Waals surface area contributed by atoms with Crippen LogP contribution >= 0.6 is 0 Å². The number of rotatable bonds is 7. The van der Waals surface area contributed by atoms with E-state index >= 15 is 0 Å². The van der Waals surface area contributed by atoms with E-state index in [2.05, 4.69) is 29.7 Å². The molecule has 1 unspecified atom stereocenters. The van der Waals surface area contributed by atoms with Crippen LogP contribution in [0, 0.1) is 5.92 Å². The van der Waals surface area contributed by atoms with Crippen LogP contribution in [0.1, 0.15) is 25.8 Å². The van der Waals surface area contributed by atoms with Crippen LogP contribution in [0.5, 0.6) is 0 Å². The quantitative estimate of drug-likeness (QED) is 0.782. The van der Waals surface area contributed by atoms with Crippen LogP contribution < -0.4 is 10.6 Å². The molecule has 19 heavy (non-hydrogen) atoms. The summed E-state index contributed by atoms with van der Waals surface area (Å²) in [6.45, 7) is 4.61. The predicted molar refractivity (Wildman–Crippen MR) is 75.6 cm³/mol. The van der Waals surface area contributed by atoms with Crippen LogP contribution in [0.15, 0.2) is 30.3 Å². The Morgan fingerprint density at radius 2 is 1.84 bits per heavy atom. The normalized spacial score (nSPS) is 11.7. The Labute approximate surface area is 114 Å². The number of nitrogens with one attached hydrogen (secondary N) is 2. The van der Waals surface area contributed by atoms with Gasteiger partial charge in [0.1, 0.15) is 0 Å². The molecule has 0 radical (unpaired) electrons. The van der Waals surface area contributed by atoms with Gasteiger partial charge in [-0.2, -0.15) is 0 Å². The van der Waals surface area contributed by atoms with Crippen LogP contribution in [-0.2, 0) is 16.0 Å². The van der Waals surface area contributed by atoms with E-state index in [4.69, 9.17) is 0 Å². The second-order valence-electron chi connectivity index (χ2n) is 4.83. The molecule has 0 spiro atoms. The zero-order valence-electron chi connectivity index (χ0n) is 11.6. The zero-order valence-corrected chi connectivity index (χ0v) is 11.6. The first-order valence-electron chi connectivity index (χ1n) is 6.63. The molecule has 0 bridgehead atoms. The minimum atomic E-state index is -0.106. The van der Waals surface area contributed by atoms with Gasteiger partial charge in [0, 0.05) is 26.4 Å². The topological polar surface area (TPSA) is 58.2 Å². The van der Waals surface area contributed by atoms with Crippen LogP contribution in [0.2, 0.25) is 0 Å². The molecule has 0 saturated heterocycles. The highest BCUT2D eigenvalue weighted by atomic mass is 16.2. The van der Waals surface area contributed by atoms with Crippen LogP contribution in [-0.4, -0.2) is 24.9 Å². The van der Waals surface area contributed by atoms with Gasteiger partial charge < -0.3 is 10.6 Å². The molecule has 1 aromatic rings. The van der Waals surface area contributed by atoms with Crippen molar-refractivity contribution in [1.82, 2.24) is 10.6 Å². The van der Waals surface area contributed by atoms with Gasteiger partial charge in [0.15, 0.2) is 0 Å². The first-order chi connectivity index (χ1) is 9.08. The van der Waals surface area contributed by atoms with Crippen molar-refractivity contribution in [3.8, 4) is 0 Å². The molecule has 104 valence electrons. The van der Waals surface area contributed by atoms with Crippen molar-refractivity contribution in [3.63, 3.8) is 0 Å². The van der Waals surface area contributed by atoms with E-state index in [1.54, 1.807) is 0 Å². The standard InChI is InChI=1S/C15H22N2O2/c1-12(10-14-6-4-3-5-7-14)11-17-15(19)8-9-16-13(2)18/h3-7,12H,8-11H2,1-2H3,(H,16,18)(H,17,19). The first kappa shape index (κ1) is 15.2. The molecule has 4 nitrogen and oxygen atoms in total. The predicted octanol–water partition coefficient (Wildman–Crippen LogP) is 1.51. The molecule has 0 aliphatic heterocycles. The summed E-state index contributed by atoms with van der Waals surface area (Å²) in [5.41, 5.74) is 1.28. The number of benzene rings is 1. The fourth-order valence-corrected chi connectivity index (χ4v) is 1.82. The Kier molecular flexibility index (Phi) is 6.64. The lowest BCUT2D eigenvalue weighted by Gasteiger charge is -2.12. The Bertz CT molecular complexity index is 404. The monoisotopic (exact) mass is 262 g/mol. The Morgan fingerprint density at radius 3 is 2.47 bits per heavy atom. The number of carbonyl (C=O) groups is 2. The maximum Gasteiger partial charge on any atom is 0.221 e. The van der Waals surface area contributed by atoms with Crippen LogP contribution in [0.3, 0.4) is 0 Å². The maximum atomic E-state index is 11.5. The zero-order chi connectivity index (χ0) is 14.1. The number of amides is 2. The highest BCUT2D eigenvalue weighted by Crippen LogP contribution is 2.07. The molecule has 0 aliphatic carbocycles. The Balaban J connectivity index is 2.17. The average molecular weight is 262 g/mol. The maximum absolute atomic E-state index is 11.5. The highest BCUT2D eigenvalue weighted by molar-refractivity contribution is 5.77. The van der Waals surface area contributed by atoms with Gasteiger partial charge in [-0.3, -0.25) is 9.59 Å². The minimum absolute atomic E-state index is 0.0198. The van der Waals surface area contributed by atoms with E-state index in [1.807, 2.05) is 18.2 Å². The molecule has 1 atom stereocenters. The molecule has 4 heteroatoms. The summed E-state index contributed by atoms with van der Waals surface area (Å²) in [7, 11) is 0. The van der Waals surface area contributed by atoms with Crippen LogP contribution in [0.25, 0.3) is 0 Å². The summed E-state index contributed by atoms with van der Waals surface area (Å²) in [6, 6.07) is 10.2. The van der Waals surface area contributed by atoms with E-state index in [1.165, 1.54) is 12.5 Å². The van der Waals surface area contributed by atoms with E-state index in [9.17, 15) is 9.59 Å². The molecule has 0 aromatic heterocycles. The van der Waals surface area contributed by atoms with Gasteiger partial charge in [-0.15, -0.1) is 0 Å². The van der Waals surface area contributed by atoms with Crippen molar-refractivity contribution in [3.05, 3.63) is 35.9 Å². The van der Waals surface area contributed by atoms with Crippen molar-refractivity contribution in [1.29, 1.82) is 0 Å². The summed E-state index contributed by atoms with van der Waals surface area (Å²) in [5, 5.41) is 5.49. The summed E-state index contributed by atoms with van der Waals surface area (Å²) >= 11 is 0. The Morgan fingerprint density at radius 1 is 1.16 bits per heavy atom. The van der Waals surface area contributed by atoms with Crippen molar-refractivity contribution < 1.29 is 9.59 Å². The molecule has 0 aliphatic rings. The Hall–Kier alpha value is -1.84. The summed E-state index contributed by atoms with van der Waals surface area (Å²) in [4.78, 5) is 22.2. The van der Waals surface area contributed by atoms with Gasteiger partial charge in [-0.1, -0.05) is 37.3 Å². The first-order valence-corrected chi connectivity index (χ1v) is 6.63. The van der Waals surface area contributed by atoms with Crippen molar-refractivity contribution >= 4 is 11.8 Å². The fraction of sp³-hybridized carbons (Fsp3) is 0.467. The third-order valence-corrected chi connectivity index (χ3v) is 2.80. The van der Waals surface area contributed by atoms with Gasteiger partial charge in [0.05, 0.1) is 0 Å². The van der Waals surface area contributed by atoms with Crippen molar-refractivity contribution in [2.75, 3.05) is 13.1 Å². The SMILES string of the molecule is CC(=O)NCCC(=O)NCC(C)Cc1ccccc1. The molecule has 1 aromatic carbocycles. The highest BCUT2D eigenvalue weighted by Gasteiger charge is 2.06.